The van der Waals surface area contributed by atoms with Gasteiger partial charge in [0.1, 0.15) is 29.9 Å². The van der Waals surface area contributed by atoms with Crippen molar-refractivity contribution >= 4 is 45.6 Å². The summed E-state index contributed by atoms with van der Waals surface area (Å²) in [5.41, 5.74) is 2.69. The lowest BCUT2D eigenvalue weighted by molar-refractivity contribution is -0.138. The number of nitrogens with zero attached hydrogens (tertiary/aromatic N) is 4. The largest absolute Gasteiger partial charge is 0.352 e. The standard InChI is InChI=1S/C43H56F3N9O4/c1-7-32(51-40(56)22(3)47-5)42(58)53-20-27(46)15-28(53)18-31-30-13-10-25(44)16-34(30)49-38(31)39-50-35-17-26(45)11-14-36(35)54(39)21-37-29-12-9-24(29)19-55(37)43(59)33(8-2)52-41(57)23(4)48-6/h10-11,13-14,16-17,22-24,27-29,32-33,37,47-49H,7-9,12,15,18-21H2,1-6H3,(H,51,56)(H,52,57)/t22-,23-,24-,27-,28-,29-,32-,33-,37+/m0/s1. The Hall–Kier alpha value is -4.96. The zero-order chi connectivity index (χ0) is 42.3. The highest BCUT2D eigenvalue weighted by Gasteiger charge is 2.50. The number of likely N-dealkylation sites (N-methyl/N-ethyl adjacent to an activating group) is 2. The van der Waals surface area contributed by atoms with Crippen molar-refractivity contribution in [3.8, 4) is 11.5 Å². The van der Waals surface area contributed by atoms with Crippen molar-refractivity contribution in [1.29, 1.82) is 0 Å². The summed E-state index contributed by atoms with van der Waals surface area (Å²) in [7, 11) is 3.34. The Morgan fingerprint density at radius 2 is 1.49 bits per heavy atom. The first-order valence-corrected chi connectivity index (χ1v) is 20.9. The number of halogens is 3. The van der Waals surface area contributed by atoms with Gasteiger partial charge in [0.25, 0.3) is 0 Å². The number of imidazole rings is 1. The first-order valence-electron chi connectivity index (χ1n) is 20.9. The van der Waals surface area contributed by atoms with Gasteiger partial charge in [-0.05, 0) is 108 Å². The number of rotatable bonds is 15. The van der Waals surface area contributed by atoms with E-state index in [0.29, 0.717) is 70.9 Å². The normalized spacial score (nSPS) is 23.5. The van der Waals surface area contributed by atoms with Crippen LogP contribution in [0.2, 0.25) is 0 Å². The number of amides is 4. The predicted molar refractivity (Wildman–Crippen MR) is 219 cm³/mol. The monoisotopic (exact) mass is 819 g/mol. The van der Waals surface area contributed by atoms with Gasteiger partial charge in [0.15, 0.2) is 5.82 Å². The molecule has 9 atom stereocenters. The van der Waals surface area contributed by atoms with Gasteiger partial charge in [-0.3, -0.25) is 19.2 Å². The van der Waals surface area contributed by atoms with Crippen LogP contribution in [0.4, 0.5) is 13.2 Å². The number of hydrogen-bond acceptors (Lipinski definition) is 7. The Morgan fingerprint density at radius 1 is 0.864 bits per heavy atom. The van der Waals surface area contributed by atoms with E-state index in [-0.39, 0.29) is 55.0 Å². The number of nitrogens with one attached hydrogen (secondary N) is 5. The smallest absolute Gasteiger partial charge is 0.245 e. The molecule has 2 aromatic heterocycles. The van der Waals surface area contributed by atoms with Crippen molar-refractivity contribution in [3.05, 3.63) is 53.6 Å². The van der Waals surface area contributed by atoms with Crippen LogP contribution >= 0.6 is 0 Å². The van der Waals surface area contributed by atoms with E-state index in [1.807, 2.05) is 16.4 Å². The van der Waals surface area contributed by atoms with E-state index in [0.717, 1.165) is 12.8 Å². The summed E-state index contributed by atoms with van der Waals surface area (Å²) < 4.78 is 47.1. The van der Waals surface area contributed by atoms with Crippen molar-refractivity contribution < 1.29 is 32.3 Å². The molecule has 2 saturated heterocycles. The van der Waals surface area contributed by atoms with Crippen LogP contribution in [-0.4, -0.2) is 118 Å². The SMILES string of the molecule is CC[C@H](NC(=O)[C@H](C)NC)C(=O)N1C[C@@H](F)C[C@H]1Cc1c(-c2nc3cc(F)ccc3n2C[C@@H]2[C@H]3CC[C@H]3CN2C(=O)[C@H](CC)NC(=O)[C@H](C)NC)[nH]c2cc(F)ccc12. The minimum Gasteiger partial charge on any atom is -0.352 e. The molecular weight excluding hydrogens is 764 g/mol. The first kappa shape index (κ1) is 42.2. The molecule has 59 heavy (non-hydrogen) atoms. The average molecular weight is 820 g/mol. The van der Waals surface area contributed by atoms with E-state index >= 15 is 4.39 Å². The van der Waals surface area contributed by atoms with Crippen molar-refractivity contribution in [2.24, 2.45) is 11.8 Å². The molecule has 1 saturated carbocycles. The van der Waals surface area contributed by atoms with Gasteiger partial charge in [-0.15, -0.1) is 0 Å². The molecule has 4 aromatic rings. The molecule has 7 rings (SSSR count). The first-order chi connectivity index (χ1) is 28.3. The van der Waals surface area contributed by atoms with E-state index in [1.165, 1.54) is 29.2 Å². The van der Waals surface area contributed by atoms with Gasteiger partial charge in [0, 0.05) is 42.5 Å². The van der Waals surface area contributed by atoms with Crippen molar-refractivity contribution in [3.63, 3.8) is 0 Å². The summed E-state index contributed by atoms with van der Waals surface area (Å²) in [5, 5.41) is 12.2. The van der Waals surface area contributed by atoms with Crippen molar-refractivity contribution in [2.45, 2.75) is 115 Å². The lowest BCUT2D eigenvalue weighted by Crippen LogP contribution is -2.54. The molecule has 0 unspecified atom stereocenters. The second kappa shape index (κ2) is 17.3. The lowest BCUT2D eigenvalue weighted by atomic mass is 9.73. The van der Waals surface area contributed by atoms with E-state index in [4.69, 9.17) is 4.98 Å². The Bertz CT molecular complexity index is 2230. The van der Waals surface area contributed by atoms with Crippen LogP contribution in [0, 0.1) is 23.5 Å². The van der Waals surface area contributed by atoms with E-state index in [2.05, 4.69) is 26.3 Å². The van der Waals surface area contributed by atoms with Gasteiger partial charge in [-0.25, -0.2) is 18.2 Å². The number of benzene rings is 2. The third kappa shape index (κ3) is 8.17. The lowest BCUT2D eigenvalue weighted by Gasteiger charge is -2.35. The van der Waals surface area contributed by atoms with Gasteiger partial charge in [0.2, 0.25) is 23.6 Å². The highest BCUT2D eigenvalue weighted by Crippen LogP contribution is 2.46. The van der Waals surface area contributed by atoms with Crippen LogP contribution in [0.25, 0.3) is 33.5 Å². The van der Waals surface area contributed by atoms with Gasteiger partial charge in [-0.2, -0.15) is 0 Å². The second-order valence-corrected chi connectivity index (χ2v) is 16.5. The molecule has 0 radical (unpaired) electrons. The third-order valence-corrected chi connectivity index (χ3v) is 13.0. The molecule has 16 heteroatoms. The number of alkyl halides is 1. The minimum atomic E-state index is -1.30. The fraction of sp³-hybridized carbons (Fsp3) is 0.558. The Morgan fingerprint density at radius 3 is 2.10 bits per heavy atom. The maximum Gasteiger partial charge on any atom is 0.245 e. The van der Waals surface area contributed by atoms with Gasteiger partial charge < -0.3 is 40.6 Å². The summed E-state index contributed by atoms with van der Waals surface area (Å²) in [6.45, 7) is 7.81. The fourth-order valence-electron chi connectivity index (χ4n) is 9.22. The van der Waals surface area contributed by atoms with Crippen LogP contribution in [0.15, 0.2) is 36.4 Å². The highest BCUT2D eigenvalue weighted by molar-refractivity contribution is 5.93. The molecule has 0 spiro atoms. The number of aromatic amines is 1. The van der Waals surface area contributed by atoms with Gasteiger partial charge in [0.05, 0.1) is 41.4 Å². The molecular formula is C43H56F3N9O4. The summed E-state index contributed by atoms with van der Waals surface area (Å²) >= 11 is 0. The Labute approximate surface area is 342 Å². The number of carbonyl (C=O) groups is 4. The molecule has 4 amide bonds. The third-order valence-electron chi connectivity index (χ3n) is 13.0. The topological polar surface area (TPSA) is 156 Å². The predicted octanol–water partition coefficient (Wildman–Crippen LogP) is 4.19. The highest BCUT2D eigenvalue weighted by atomic mass is 19.1. The van der Waals surface area contributed by atoms with Crippen LogP contribution in [0.5, 0.6) is 0 Å². The number of carbonyl (C=O) groups excluding carboxylic acids is 4. The summed E-state index contributed by atoms with van der Waals surface area (Å²) in [6, 6.07) is 5.30. The number of aromatic nitrogens is 3. The number of H-pyrrole nitrogens is 1. The van der Waals surface area contributed by atoms with Crippen molar-refractivity contribution in [2.75, 3.05) is 27.2 Å². The fourth-order valence-corrected chi connectivity index (χ4v) is 9.22. The molecule has 13 nitrogen and oxygen atoms in total. The molecule has 5 N–H and O–H groups in total. The molecule has 0 bridgehead atoms. The zero-order valence-electron chi connectivity index (χ0n) is 34.6. The van der Waals surface area contributed by atoms with E-state index < -0.39 is 48.0 Å². The number of hydrogen-bond donors (Lipinski definition) is 5. The molecule has 318 valence electrons. The van der Waals surface area contributed by atoms with E-state index in [9.17, 15) is 28.0 Å². The molecule has 3 fully saturated rings. The van der Waals surface area contributed by atoms with E-state index in [1.54, 1.807) is 47.0 Å². The summed E-state index contributed by atoms with van der Waals surface area (Å²) in [6.07, 6.45) is 1.57. The van der Waals surface area contributed by atoms with Gasteiger partial charge in [-0.1, -0.05) is 13.8 Å². The van der Waals surface area contributed by atoms with Crippen molar-refractivity contribution in [1.82, 2.24) is 45.6 Å². The minimum absolute atomic E-state index is 0.0580. The summed E-state index contributed by atoms with van der Waals surface area (Å²) in [5.74, 6) is -1.15. The maximum absolute atomic E-state index is 15.4. The molecule has 2 aliphatic heterocycles. The van der Waals surface area contributed by atoms with Crippen LogP contribution in [0.1, 0.15) is 65.4 Å². The Kier molecular flexibility index (Phi) is 12.4. The van der Waals surface area contributed by atoms with Crippen LogP contribution in [-0.2, 0) is 32.1 Å². The quantitative estimate of drug-likeness (QED) is 0.121. The number of fused-ring (bicyclic) bond motifs is 3. The van der Waals surface area contributed by atoms with Crippen LogP contribution in [0.3, 0.4) is 0 Å². The molecule has 2 aromatic carbocycles. The average Bonchev–Trinajstić information content (AvgIpc) is 3.94. The molecule has 4 heterocycles. The maximum atomic E-state index is 15.4. The van der Waals surface area contributed by atoms with Gasteiger partial charge >= 0.3 is 0 Å². The summed E-state index contributed by atoms with van der Waals surface area (Å²) in [4.78, 5) is 65.8. The molecule has 1 aliphatic carbocycles. The zero-order valence-corrected chi connectivity index (χ0v) is 34.6. The van der Waals surface area contributed by atoms with Crippen LogP contribution < -0.4 is 21.3 Å². The Balaban J connectivity index is 1.28. The molecule has 3 aliphatic rings. The second-order valence-electron chi connectivity index (χ2n) is 16.5. The number of likely N-dealkylation sites (tertiary alicyclic amines) is 2.